The van der Waals surface area contributed by atoms with Crippen LogP contribution in [0.3, 0.4) is 0 Å². The van der Waals surface area contributed by atoms with E-state index in [0.717, 1.165) is 24.2 Å². The summed E-state index contributed by atoms with van der Waals surface area (Å²) in [6.07, 6.45) is 2.04. The SMILES string of the molecule is O=C(O)c1scc2c1CCCS2. The van der Waals surface area contributed by atoms with Crippen molar-refractivity contribution in [3.8, 4) is 0 Å². The minimum atomic E-state index is -0.774. The molecule has 64 valence electrons. The van der Waals surface area contributed by atoms with E-state index in [0.29, 0.717) is 4.88 Å². The molecule has 0 atom stereocenters. The third-order valence-corrected chi connectivity index (χ3v) is 4.21. The van der Waals surface area contributed by atoms with E-state index in [4.69, 9.17) is 5.11 Å². The van der Waals surface area contributed by atoms with Crippen LogP contribution in [0.1, 0.15) is 21.7 Å². The normalized spacial score (nSPS) is 15.7. The van der Waals surface area contributed by atoms with E-state index in [1.54, 1.807) is 11.8 Å². The first kappa shape index (κ1) is 8.13. The van der Waals surface area contributed by atoms with Gasteiger partial charge in [0.1, 0.15) is 4.88 Å². The van der Waals surface area contributed by atoms with Gasteiger partial charge >= 0.3 is 5.97 Å². The largest absolute Gasteiger partial charge is 0.477 e. The first-order valence-electron chi connectivity index (χ1n) is 3.75. The van der Waals surface area contributed by atoms with E-state index in [1.807, 2.05) is 5.38 Å². The molecule has 0 saturated heterocycles. The van der Waals surface area contributed by atoms with E-state index >= 15 is 0 Å². The van der Waals surface area contributed by atoms with Crippen molar-refractivity contribution in [2.24, 2.45) is 0 Å². The van der Waals surface area contributed by atoms with E-state index in [-0.39, 0.29) is 0 Å². The molecule has 0 bridgehead atoms. The van der Waals surface area contributed by atoms with E-state index < -0.39 is 5.97 Å². The van der Waals surface area contributed by atoms with Gasteiger partial charge in [0.15, 0.2) is 0 Å². The van der Waals surface area contributed by atoms with Crippen LogP contribution in [0.15, 0.2) is 10.3 Å². The smallest absolute Gasteiger partial charge is 0.346 e. The lowest BCUT2D eigenvalue weighted by molar-refractivity contribution is 0.0701. The molecule has 12 heavy (non-hydrogen) atoms. The van der Waals surface area contributed by atoms with E-state index in [2.05, 4.69) is 0 Å². The quantitative estimate of drug-likeness (QED) is 0.756. The number of hydrogen-bond donors (Lipinski definition) is 1. The van der Waals surface area contributed by atoms with Gasteiger partial charge in [-0.15, -0.1) is 23.1 Å². The Kier molecular flexibility index (Phi) is 2.11. The summed E-state index contributed by atoms with van der Waals surface area (Å²) in [5.41, 5.74) is 1.06. The number of thioether (sulfide) groups is 1. The van der Waals surface area contributed by atoms with Crippen molar-refractivity contribution < 1.29 is 9.90 Å². The molecule has 0 aromatic carbocycles. The molecule has 0 unspecified atom stereocenters. The number of carboxylic acid groups (broad SMARTS) is 1. The topological polar surface area (TPSA) is 37.3 Å². The van der Waals surface area contributed by atoms with Crippen molar-refractivity contribution in [3.63, 3.8) is 0 Å². The Labute approximate surface area is 78.6 Å². The van der Waals surface area contributed by atoms with Crippen LogP contribution in [-0.4, -0.2) is 16.8 Å². The fraction of sp³-hybridized carbons (Fsp3) is 0.375. The lowest BCUT2D eigenvalue weighted by Crippen LogP contribution is -2.02. The molecule has 0 aliphatic carbocycles. The average Bonchev–Trinajstić information content (AvgIpc) is 2.47. The Hall–Kier alpha value is -0.480. The Morgan fingerprint density at radius 1 is 1.58 bits per heavy atom. The van der Waals surface area contributed by atoms with Crippen molar-refractivity contribution in [2.75, 3.05) is 5.75 Å². The van der Waals surface area contributed by atoms with Crippen molar-refractivity contribution in [1.29, 1.82) is 0 Å². The third-order valence-electron chi connectivity index (χ3n) is 1.88. The monoisotopic (exact) mass is 200 g/mol. The van der Waals surface area contributed by atoms with Gasteiger partial charge in [-0.25, -0.2) is 4.79 Å². The van der Waals surface area contributed by atoms with E-state index in [1.165, 1.54) is 16.2 Å². The van der Waals surface area contributed by atoms with Crippen LogP contribution in [-0.2, 0) is 6.42 Å². The van der Waals surface area contributed by atoms with Crippen LogP contribution < -0.4 is 0 Å². The van der Waals surface area contributed by atoms with Gasteiger partial charge in [0.2, 0.25) is 0 Å². The second-order valence-corrected chi connectivity index (χ2v) is 4.68. The van der Waals surface area contributed by atoms with Crippen LogP contribution >= 0.6 is 23.1 Å². The summed E-state index contributed by atoms with van der Waals surface area (Å²) < 4.78 is 0. The second-order valence-electron chi connectivity index (χ2n) is 2.66. The molecule has 1 aromatic rings. The molecule has 1 aromatic heterocycles. The molecule has 2 rings (SSSR count). The zero-order valence-electron chi connectivity index (χ0n) is 6.37. The summed E-state index contributed by atoms with van der Waals surface area (Å²) in [6.45, 7) is 0. The molecule has 0 fully saturated rings. The molecule has 0 saturated carbocycles. The Morgan fingerprint density at radius 3 is 3.17 bits per heavy atom. The molecule has 0 radical (unpaired) electrons. The second kappa shape index (κ2) is 3.11. The van der Waals surface area contributed by atoms with Crippen molar-refractivity contribution >= 4 is 29.1 Å². The number of rotatable bonds is 1. The van der Waals surface area contributed by atoms with Gasteiger partial charge in [-0.2, -0.15) is 0 Å². The maximum atomic E-state index is 10.7. The van der Waals surface area contributed by atoms with Gasteiger partial charge in [0.05, 0.1) is 0 Å². The van der Waals surface area contributed by atoms with Crippen LogP contribution in [0.25, 0.3) is 0 Å². The van der Waals surface area contributed by atoms with Gasteiger partial charge in [-0.3, -0.25) is 0 Å². The standard InChI is InChI=1S/C8H8O2S2/c9-8(10)7-5-2-1-3-11-6(5)4-12-7/h4H,1-3H2,(H,9,10). The highest BCUT2D eigenvalue weighted by atomic mass is 32.2. The highest BCUT2D eigenvalue weighted by Crippen LogP contribution is 2.36. The Bertz CT molecular complexity index is 317. The maximum Gasteiger partial charge on any atom is 0.346 e. The van der Waals surface area contributed by atoms with Gasteiger partial charge < -0.3 is 5.11 Å². The predicted octanol–water partition coefficient (Wildman–Crippen LogP) is 2.48. The summed E-state index contributed by atoms with van der Waals surface area (Å²) in [7, 11) is 0. The predicted molar refractivity (Wildman–Crippen MR) is 50.3 cm³/mol. The first-order chi connectivity index (χ1) is 5.79. The third kappa shape index (κ3) is 1.25. The van der Waals surface area contributed by atoms with Gasteiger partial charge in [-0.1, -0.05) is 0 Å². The Morgan fingerprint density at radius 2 is 2.42 bits per heavy atom. The van der Waals surface area contributed by atoms with Gasteiger partial charge in [0.25, 0.3) is 0 Å². The summed E-state index contributed by atoms with van der Waals surface area (Å²) >= 11 is 3.13. The lowest BCUT2D eigenvalue weighted by Gasteiger charge is -2.10. The minimum Gasteiger partial charge on any atom is -0.477 e. The van der Waals surface area contributed by atoms with Crippen molar-refractivity contribution in [3.05, 3.63) is 15.8 Å². The molecule has 1 aliphatic heterocycles. The fourth-order valence-corrected chi connectivity index (χ4v) is 3.53. The summed E-state index contributed by atoms with van der Waals surface area (Å²) in [5.74, 6) is 0.353. The zero-order chi connectivity index (χ0) is 8.55. The lowest BCUT2D eigenvalue weighted by atomic mass is 10.1. The molecule has 1 N–H and O–H groups in total. The van der Waals surface area contributed by atoms with Crippen LogP contribution in [0.2, 0.25) is 0 Å². The fourth-order valence-electron chi connectivity index (χ4n) is 1.34. The van der Waals surface area contributed by atoms with Gasteiger partial charge in [0, 0.05) is 10.3 Å². The number of carboxylic acids is 1. The number of carbonyl (C=O) groups is 1. The number of aromatic carboxylic acids is 1. The minimum absolute atomic E-state index is 0.539. The van der Waals surface area contributed by atoms with Gasteiger partial charge in [-0.05, 0) is 24.2 Å². The van der Waals surface area contributed by atoms with Crippen LogP contribution in [0.4, 0.5) is 0 Å². The highest BCUT2D eigenvalue weighted by Gasteiger charge is 2.19. The molecule has 2 heterocycles. The molecule has 0 amide bonds. The molecule has 4 heteroatoms. The van der Waals surface area contributed by atoms with Crippen molar-refractivity contribution in [2.45, 2.75) is 17.7 Å². The van der Waals surface area contributed by atoms with Crippen LogP contribution in [0.5, 0.6) is 0 Å². The summed E-state index contributed by atoms with van der Waals surface area (Å²) in [4.78, 5) is 12.5. The summed E-state index contributed by atoms with van der Waals surface area (Å²) in [5, 5.41) is 10.8. The number of fused-ring (bicyclic) bond motifs is 1. The molecule has 2 nitrogen and oxygen atoms in total. The highest BCUT2D eigenvalue weighted by molar-refractivity contribution is 7.99. The first-order valence-corrected chi connectivity index (χ1v) is 5.62. The average molecular weight is 200 g/mol. The maximum absolute atomic E-state index is 10.7. The van der Waals surface area contributed by atoms with E-state index in [9.17, 15) is 4.79 Å². The number of hydrogen-bond acceptors (Lipinski definition) is 3. The van der Waals surface area contributed by atoms with Crippen molar-refractivity contribution in [1.82, 2.24) is 0 Å². The summed E-state index contributed by atoms with van der Waals surface area (Å²) in [6, 6.07) is 0. The molecular formula is C8H8O2S2. The molecule has 1 aliphatic rings. The zero-order valence-corrected chi connectivity index (χ0v) is 8.00. The number of thiophene rings is 1. The molecular weight excluding hydrogens is 192 g/mol. The molecule has 0 spiro atoms. The Balaban J connectivity index is 2.44. The van der Waals surface area contributed by atoms with Crippen LogP contribution in [0, 0.1) is 0 Å².